The van der Waals surface area contributed by atoms with E-state index in [9.17, 15) is 15.0 Å². The zero-order chi connectivity index (χ0) is 25.3. The van der Waals surface area contributed by atoms with Crippen molar-refractivity contribution in [2.75, 3.05) is 11.9 Å². The number of anilines is 1. The molecule has 3 aromatic rings. The Morgan fingerprint density at radius 1 is 1.19 bits per heavy atom. The van der Waals surface area contributed by atoms with Crippen molar-refractivity contribution in [2.24, 2.45) is 16.7 Å². The van der Waals surface area contributed by atoms with E-state index < -0.39 is 11.5 Å². The molecular weight excluding hydrogens is 474 g/mol. The number of benzene rings is 1. The van der Waals surface area contributed by atoms with E-state index in [-0.39, 0.29) is 29.8 Å². The summed E-state index contributed by atoms with van der Waals surface area (Å²) in [5.74, 6) is 0.598. The van der Waals surface area contributed by atoms with Crippen LogP contribution >= 0.6 is 11.3 Å². The van der Waals surface area contributed by atoms with Crippen LogP contribution in [0.3, 0.4) is 0 Å². The minimum Gasteiger partial charge on any atom is -0.467 e. The molecule has 0 bridgehead atoms. The van der Waals surface area contributed by atoms with Gasteiger partial charge in [-0.3, -0.25) is 4.79 Å². The van der Waals surface area contributed by atoms with E-state index in [1.165, 1.54) is 5.56 Å². The minimum absolute atomic E-state index is 0.0385. The second kappa shape index (κ2) is 10.00. The van der Waals surface area contributed by atoms with E-state index in [1.807, 2.05) is 37.3 Å². The molecule has 0 saturated heterocycles. The first kappa shape index (κ1) is 25.0. The number of aliphatic hydroxyl groups is 2. The average Bonchev–Trinajstić information content (AvgIpc) is 3.56. The van der Waals surface area contributed by atoms with Gasteiger partial charge >= 0.3 is 0 Å². The standard InChI is InChI=1S/C28H35N3O4S/c1-27-11-10-23(33)28(2,17-32)22(27)14-21-25(20(27)13-24(34)29-16-19-9-6-12-35-19)31-26(36-21)30-15-18-7-4-3-5-8-18/h3-9,12,20,22-23,32-33H,10-11,13-17H2,1-2H3,(H,29,34)(H,30,31)/t20-,22+,23-,27+,28+/m1/s1. The highest BCUT2D eigenvalue weighted by Gasteiger charge is 2.59. The van der Waals surface area contributed by atoms with Gasteiger partial charge in [-0.2, -0.15) is 0 Å². The fraction of sp³-hybridized carbons (Fsp3) is 0.500. The molecule has 1 fully saturated rings. The van der Waals surface area contributed by atoms with E-state index in [0.717, 1.165) is 28.5 Å². The Kier molecular flexibility index (Phi) is 6.94. The van der Waals surface area contributed by atoms with Crippen LogP contribution in [0.5, 0.6) is 0 Å². The van der Waals surface area contributed by atoms with Gasteiger partial charge in [0.25, 0.3) is 0 Å². The van der Waals surface area contributed by atoms with E-state index in [0.29, 0.717) is 31.7 Å². The maximum atomic E-state index is 13.2. The lowest BCUT2D eigenvalue weighted by molar-refractivity contribution is -0.144. The average molecular weight is 510 g/mol. The zero-order valence-corrected chi connectivity index (χ0v) is 21.7. The smallest absolute Gasteiger partial charge is 0.221 e. The highest BCUT2D eigenvalue weighted by Crippen LogP contribution is 2.62. The Hall–Kier alpha value is -2.68. The van der Waals surface area contributed by atoms with Gasteiger partial charge in [-0.1, -0.05) is 44.2 Å². The number of nitrogens with one attached hydrogen (secondary N) is 2. The SMILES string of the molecule is C[C@]1(CO)[C@H]2Cc3sc(NCc4ccccc4)nc3[C@@H](CC(=O)NCc3ccco3)[C@]2(C)CC[C@H]1O. The second-order valence-electron chi connectivity index (χ2n) is 10.8. The van der Waals surface area contributed by atoms with E-state index >= 15 is 0 Å². The molecule has 2 aliphatic rings. The van der Waals surface area contributed by atoms with Gasteiger partial charge in [0.1, 0.15) is 5.76 Å². The van der Waals surface area contributed by atoms with Crippen LogP contribution in [0.4, 0.5) is 5.13 Å². The number of furan rings is 1. The molecule has 1 amide bonds. The Balaban J connectivity index is 1.43. The molecule has 1 aromatic carbocycles. The fourth-order valence-corrected chi connectivity index (χ4v) is 7.42. The number of fused-ring (bicyclic) bond motifs is 2. The lowest BCUT2D eigenvalue weighted by Gasteiger charge is -2.58. The molecule has 0 aliphatic heterocycles. The topological polar surface area (TPSA) is 108 Å². The summed E-state index contributed by atoms with van der Waals surface area (Å²) in [4.78, 5) is 19.3. The molecule has 0 radical (unpaired) electrons. The number of nitrogens with zero attached hydrogens (tertiary/aromatic N) is 1. The molecule has 0 unspecified atom stereocenters. The van der Waals surface area contributed by atoms with Crippen LogP contribution in [0, 0.1) is 16.7 Å². The van der Waals surface area contributed by atoms with Gasteiger partial charge in [-0.05, 0) is 48.3 Å². The number of hydrogen-bond donors (Lipinski definition) is 4. The normalized spacial score (nSPS) is 29.3. The van der Waals surface area contributed by atoms with Crippen LogP contribution < -0.4 is 10.6 Å². The quantitative estimate of drug-likeness (QED) is 0.357. The predicted molar refractivity (Wildman–Crippen MR) is 140 cm³/mol. The molecule has 2 aromatic heterocycles. The summed E-state index contributed by atoms with van der Waals surface area (Å²) in [6, 6.07) is 13.9. The third-order valence-electron chi connectivity index (χ3n) is 8.61. The van der Waals surface area contributed by atoms with E-state index in [2.05, 4.69) is 29.7 Å². The maximum absolute atomic E-state index is 13.2. The van der Waals surface area contributed by atoms with E-state index in [4.69, 9.17) is 9.40 Å². The van der Waals surface area contributed by atoms with Crippen LogP contribution in [-0.4, -0.2) is 33.8 Å². The van der Waals surface area contributed by atoms with Gasteiger partial charge in [0.15, 0.2) is 5.13 Å². The van der Waals surface area contributed by atoms with E-state index in [1.54, 1.807) is 17.6 Å². The van der Waals surface area contributed by atoms with Crippen molar-refractivity contribution in [2.45, 2.75) is 64.6 Å². The minimum atomic E-state index is -0.630. The van der Waals surface area contributed by atoms with Gasteiger partial charge < -0.3 is 25.3 Å². The number of carbonyl (C=O) groups excluding carboxylic acids is 1. The van der Waals surface area contributed by atoms with Crippen LogP contribution in [0.1, 0.15) is 60.9 Å². The molecule has 5 rings (SSSR count). The summed E-state index contributed by atoms with van der Waals surface area (Å²) in [5.41, 5.74) is 1.27. The van der Waals surface area contributed by atoms with Crippen LogP contribution in [0.2, 0.25) is 0 Å². The monoisotopic (exact) mass is 509 g/mol. The summed E-state index contributed by atoms with van der Waals surface area (Å²) in [6.45, 7) is 5.16. The molecule has 0 spiro atoms. The van der Waals surface area contributed by atoms with Crippen molar-refractivity contribution >= 4 is 22.4 Å². The molecule has 4 N–H and O–H groups in total. The fourth-order valence-electron chi connectivity index (χ4n) is 6.35. The van der Waals surface area contributed by atoms with Gasteiger partial charge in [0.2, 0.25) is 5.91 Å². The van der Waals surface area contributed by atoms with Crippen molar-refractivity contribution in [1.82, 2.24) is 10.3 Å². The first-order valence-corrected chi connectivity index (χ1v) is 13.5. The van der Waals surface area contributed by atoms with Gasteiger partial charge in [0.05, 0.1) is 31.2 Å². The number of carbonyl (C=O) groups is 1. The Bertz CT molecular complexity index is 1180. The van der Waals surface area contributed by atoms with Crippen LogP contribution in [0.25, 0.3) is 0 Å². The van der Waals surface area contributed by atoms with Crippen molar-refractivity contribution in [3.05, 3.63) is 70.6 Å². The first-order chi connectivity index (χ1) is 17.3. The molecule has 192 valence electrons. The number of amides is 1. The molecule has 5 atom stereocenters. The molecular formula is C28H35N3O4S. The summed E-state index contributed by atoms with van der Waals surface area (Å²) < 4.78 is 5.37. The number of aromatic nitrogens is 1. The largest absolute Gasteiger partial charge is 0.467 e. The lowest BCUT2D eigenvalue weighted by atomic mass is 9.47. The zero-order valence-electron chi connectivity index (χ0n) is 20.9. The molecule has 36 heavy (non-hydrogen) atoms. The molecule has 7 nitrogen and oxygen atoms in total. The number of hydrogen-bond acceptors (Lipinski definition) is 7. The predicted octanol–water partition coefficient (Wildman–Crippen LogP) is 4.47. The Morgan fingerprint density at radius 2 is 2.00 bits per heavy atom. The van der Waals surface area contributed by atoms with Gasteiger partial charge in [0, 0.05) is 29.2 Å². The summed E-state index contributed by atoms with van der Waals surface area (Å²) >= 11 is 1.63. The summed E-state index contributed by atoms with van der Waals surface area (Å²) in [5, 5.41) is 28.7. The first-order valence-electron chi connectivity index (χ1n) is 12.7. The van der Waals surface area contributed by atoms with Crippen LogP contribution in [-0.2, 0) is 24.3 Å². The van der Waals surface area contributed by atoms with Crippen molar-refractivity contribution < 1.29 is 19.4 Å². The Morgan fingerprint density at radius 3 is 2.72 bits per heavy atom. The summed E-state index contributed by atoms with van der Waals surface area (Å²) in [7, 11) is 0. The third kappa shape index (κ3) is 4.58. The highest BCUT2D eigenvalue weighted by molar-refractivity contribution is 7.15. The highest BCUT2D eigenvalue weighted by atomic mass is 32.1. The van der Waals surface area contributed by atoms with Crippen molar-refractivity contribution in [3.63, 3.8) is 0 Å². The van der Waals surface area contributed by atoms with Crippen LogP contribution in [0.15, 0.2) is 53.1 Å². The molecule has 2 aliphatic carbocycles. The molecule has 2 heterocycles. The second-order valence-corrected chi connectivity index (χ2v) is 11.8. The maximum Gasteiger partial charge on any atom is 0.221 e. The summed E-state index contributed by atoms with van der Waals surface area (Å²) in [6.07, 6.45) is 3.47. The lowest BCUT2D eigenvalue weighted by Crippen LogP contribution is -2.57. The van der Waals surface area contributed by atoms with Crippen molar-refractivity contribution in [1.29, 1.82) is 0 Å². The number of rotatable bonds is 8. The third-order valence-corrected chi connectivity index (χ3v) is 9.66. The number of thiazole rings is 1. The number of aliphatic hydroxyl groups excluding tert-OH is 2. The van der Waals surface area contributed by atoms with Gasteiger partial charge in [-0.25, -0.2) is 4.98 Å². The van der Waals surface area contributed by atoms with Gasteiger partial charge in [-0.15, -0.1) is 11.3 Å². The van der Waals surface area contributed by atoms with Crippen molar-refractivity contribution in [3.8, 4) is 0 Å². The Labute approximate surface area is 216 Å². The molecule has 8 heteroatoms. The molecule has 1 saturated carbocycles.